The van der Waals surface area contributed by atoms with Gasteiger partial charge in [-0.25, -0.2) is 9.78 Å². The molecule has 0 aliphatic heterocycles. The molecule has 1 N–H and O–H groups in total. The summed E-state index contributed by atoms with van der Waals surface area (Å²) < 4.78 is 5.64. The van der Waals surface area contributed by atoms with Gasteiger partial charge in [-0.3, -0.25) is 0 Å². The van der Waals surface area contributed by atoms with Crippen molar-refractivity contribution in [1.29, 1.82) is 0 Å². The summed E-state index contributed by atoms with van der Waals surface area (Å²) in [6.07, 6.45) is 2.01. The van der Waals surface area contributed by atoms with Gasteiger partial charge in [-0.05, 0) is 42.7 Å². The molecule has 0 saturated carbocycles. The minimum atomic E-state index is -1.01. The zero-order valence-corrected chi connectivity index (χ0v) is 11.5. The summed E-state index contributed by atoms with van der Waals surface area (Å²) in [6.45, 7) is 0. The van der Waals surface area contributed by atoms with Crippen LogP contribution in [-0.2, 0) is 0 Å². The number of aromatic carboxylic acids is 1. The van der Waals surface area contributed by atoms with Crippen LogP contribution in [-0.4, -0.2) is 22.3 Å². The van der Waals surface area contributed by atoms with Crippen LogP contribution in [0.15, 0.2) is 51.8 Å². The van der Waals surface area contributed by atoms with Crippen molar-refractivity contribution in [3.8, 4) is 11.5 Å². The number of carboxylic acid groups (broad SMARTS) is 1. The van der Waals surface area contributed by atoms with Crippen LogP contribution in [0.5, 0.6) is 0 Å². The molecule has 100 valence electrons. The van der Waals surface area contributed by atoms with Gasteiger partial charge in [0.25, 0.3) is 0 Å². The summed E-state index contributed by atoms with van der Waals surface area (Å²) in [5.41, 5.74) is 1.84. The number of hydrogen-bond donors (Lipinski definition) is 1. The van der Waals surface area contributed by atoms with Gasteiger partial charge in [-0.2, -0.15) is 0 Å². The van der Waals surface area contributed by atoms with E-state index in [-0.39, 0.29) is 5.56 Å². The molecule has 0 saturated heterocycles. The van der Waals surface area contributed by atoms with E-state index >= 15 is 0 Å². The zero-order valence-electron chi connectivity index (χ0n) is 10.7. The maximum absolute atomic E-state index is 11.2. The molecule has 4 nitrogen and oxygen atoms in total. The third-order valence-electron chi connectivity index (χ3n) is 2.99. The van der Waals surface area contributed by atoms with Crippen LogP contribution in [0.2, 0.25) is 0 Å². The highest BCUT2D eigenvalue weighted by Crippen LogP contribution is 2.27. The zero-order chi connectivity index (χ0) is 14.1. The van der Waals surface area contributed by atoms with Crippen molar-refractivity contribution in [2.75, 3.05) is 6.26 Å². The Morgan fingerprint density at radius 3 is 2.60 bits per heavy atom. The van der Waals surface area contributed by atoms with Crippen molar-refractivity contribution < 1.29 is 14.3 Å². The largest absolute Gasteiger partial charge is 0.478 e. The standard InChI is InChI=1S/C15H11NO3S/c1-20-10-7-5-9(6-8-10)14-16-13-11(15(17)18)3-2-4-12(13)19-14/h2-8H,1H3,(H,17,18). The summed E-state index contributed by atoms with van der Waals surface area (Å²) in [5.74, 6) is -0.575. The number of carboxylic acids is 1. The van der Waals surface area contributed by atoms with Gasteiger partial charge < -0.3 is 9.52 Å². The maximum atomic E-state index is 11.2. The fourth-order valence-corrected chi connectivity index (χ4v) is 2.39. The predicted octanol–water partition coefficient (Wildman–Crippen LogP) is 3.91. The van der Waals surface area contributed by atoms with Crippen molar-refractivity contribution in [2.45, 2.75) is 4.90 Å². The van der Waals surface area contributed by atoms with E-state index in [0.717, 1.165) is 10.5 Å². The molecule has 1 heterocycles. The molecule has 0 amide bonds. The van der Waals surface area contributed by atoms with Crippen molar-refractivity contribution in [2.24, 2.45) is 0 Å². The number of rotatable bonds is 3. The molecular weight excluding hydrogens is 274 g/mol. The summed E-state index contributed by atoms with van der Waals surface area (Å²) in [7, 11) is 0. The normalized spacial score (nSPS) is 10.8. The highest BCUT2D eigenvalue weighted by Gasteiger charge is 2.15. The minimum absolute atomic E-state index is 0.151. The van der Waals surface area contributed by atoms with E-state index in [9.17, 15) is 4.79 Å². The van der Waals surface area contributed by atoms with E-state index < -0.39 is 5.97 Å². The van der Waals surface area contributed by atoms with Gasteiger partial charge >= 0.3 is 5.97 Å². The molecule has 0 unspecified atom stereocenters. The average Bonchev–Trinajstić information content (AvgIpc) is 2.90. The Morgan fingerprint density at radius 2 is 1.95 bits per heavy atom. The van der Waals surface area contributed by atoms with Crippen LogP contribution in [0.25, 0.3) is 22.6 Å². The van der Waals surface area contributed by atoms with E-state index in [1.165, 1.54) is 6.07 Å². The summed E-state index contributed by atoms with van der Waals surface area (Å²) >= 11 is 1.66. The van der Waals surface area contributed by atoms with Gasteiger partial charge in [0.15, 0.2) is 5.58 Å². The van der Waals surface area contributed by atoms with Gasteiger partial charge in [0, 0.05) is 10.5 Å². The highest BCUT2D eigenvalue weighted by molar-refractivity contribution is 7.98. The second-order valence-corrected chi connectivity index (χ2v) is 5.08. The molecule has 20 heavy (non-hydrogen) atoms. The lowest BCUT2D eigenvalue weighted by Gasteiger charge is -1.97. The van der Waals surface area contributed by atoms with Crippen molar-refractivity contribution in [3.63, 3.8) is 0 Å². The summed E-state index contributed by atoms with van der Waals surface area (Å²) in [6, 6.07) is 12.7. The Kier molecular flexibility index (Phi) is 3.20. The molecule has 0 fully saturated rings. The van der Waals surface area contributed by atoms with Gasteiger partial charge in [0.2, 0.25) is 5.89 Å². The summed E-state index contributed by atoms with van der Waals surface area (Å²) in [5, 5.41) is 9.15. The van der Waals surface area contributed by atoms with E-state index in [1.54, 1.807) is 23.9 Å². The first-order valence-corrected chi connectivity index (χ1v) is 7.19. The molecular formula is C15H11NO3S. The molecule has 0 spiro atoms. The molecule has 3 rings (SSSR count). The second kappa shape index (κ2) is 5.02. The lowest BCUT2D eigenvalue weighted by Crippen LogP contribution is -1.96. The number of carbonyl (C=O) groups is 1. The molecule has 5 heteroatoms. The number of benzene rings is 2. The lowest BCUT2D eigenvalue weighted by molar-refractivity contribution is 0.0699. The molecule has 1 aromatic heterocycles. The number of oxazole rings is 1. The van der Waals surface area contributed by atoms with E-state index in [2.05, 4.69) is 4.98 Å². The second-order valence-electron chi connectivity index (χ2n) is 4.20. The number of thioether (sulfide) groups is 1. The Hall–Kier alpha value is -2.27. The van der Waals surface area contributed by atoms with Crippen LogP contribution in [0.3, 0.4) is 0 Å². The van der Waals surface area contributed by atoms with Crippen LogP contribution < -0.4 is 0 Å². The van der Waals surface area contributed by atoms with Crippen LogP contribution >= 0.6 is 11.8 Å². The van der Waals surface area contributed by atoms with Gasteiger partial charge in [0.1, 0.15) is 5.52 Å². The third-order valence-corrected chi connectivity index (χ3v) is 3.73. The third kappa shape index (κ3) is 2.16. The number of nitrogens with zero attached hydrogens (tertiary/aromatic N) is 1. The molecule has 0 aliphatic carbocycles. The van der Waals surface area contributed by atoms with Gasteiger partial charge in [0.05, 0.1) is 5.56 Å². The van der Waals surface area contributed by atoms with E-state index in [4.69, 9.17) is 9.52 Å². The van der Waals surface area contributed by atoms with Gasteiger partial charge in [-0.1, -0.05) is 6.07 Å². The first kappa shape index (κ1) is 12.7. The van der Waals surface area contributed by atoms with Crippen LogP contribution in [0.4, 0.5) is 0 Å². The Labute approximate surface area is 119 Å². The smallest absolute Gasteiger partial charge is 0.338 e. The van der Waals surface area contributed by atoms with Crippen molar-refractivity contribution >= 4 is 28.8 Å². The molecule has 0 radical (unpaired) electrons. The number of fused-ring (bicyclic) bond motifs is 1. The quantitative estimate of drug-likeness (QED) is 0.739. The number of hydrogen-bond acceptors (Lipinski definition) is 4. The predicted molar refractivity (Wildman–Crippen MR) is 78.2 cm³/mol. The number of aromatic nitrogens is 1. The highest BCUT2D eigenvalue weighted by atomic mass is 32.2. The lowest BCUT2D eigenvalue weighted by atomic mass is 10.2. The fourth-order valence-electron chi connectivity index (χ4n) is 1.98. The summed E-state index contributed by atoms with van der Waals surface area (Å²) in [4.78, 5) is 16.6. The SMILES string of the molecule is CSc1ccc(-c2nc3c(C(=O)O)cccc3o2)cc1. The molecule has 0 bridgehead atoms. The van der Waals surface area contributed by atoms with Gasteiger partial charge in [-0.15, -0.1) is 11.8 Å². The molecule has 2 aromatic carbocycles. The van der Waals surface area contributed by atoms with E-state index in [0.29, 0.717) is 17.0 Å². The average molecular weight is 285 g/mol. The first-order chi connectivity index (χ1) is 9.69. The maximum Gasteiger partial charge on any atom is 0.338 e. The van der Waals surface area contributed by atoms with Crippen LogP contribution in [0, 0.1) is 0 Å². The first-order valence-electron chi connectivity index (χ1n) is 5.96. The van der Waals surface area contributed by atoms with Crippen LogP contribution in [0.1, 0.15) is 10.4 Å². The topological polar surface area (TPSA) is 63.3 Å². The minimum Gasteiger partial charge on any atom is -0.478 e. The van der Waals surface area contributed by atoms with Crippen molar-refractivity contribution in [3.05, 3.63) is 48.0 Å². The van der Waals surface area contributed by atoms with Crippen molar-refractivity contribution in [1.82, 2.24) is 4.98 Å². The monoisotopic (exact) mass is 285 g/mol. The fraction of sp³-hybridized carbons (Fsp3) is 0.0667. The Morgan fingerprint density at radius 1 is 1.20 bits per heavy atom. The van der Waals surface area contributed by atoms with E-state index in [1.807, 2.05) is 30.5 Å². The molecule has 3 aromatic rings. The Balaban J connectivity index is 2.12. The molecule has 0 aliphatic rings. The number of para-hydroxylation sites is 1. The molecule has 0 atom stereocenters. The Bertz CT molecular complexity index is 777.